The average Bonchev–Trinajstić information content (AvgIpc) is 1.08. The van der Waals surface area contributed by atoms with Gasteiger partial charge < -0.3 is 133 Å². The Balaban J connectivity index is 2.27. The molecule has 0 bridgehead atoms. The van der Waals surface area contributed by atoms with Gasteiger partial charge in [-0.05, 0) is 91.9 Å². The SMILES string of the molecule is CC[C@H](C)[C@H](NC(=O)[C@H](CCCNC(=N)N)NC(=O)[C@@H](N)CC(C)C)C(=O)N[C@H](C(=O)N[C@@H](CCC(N)=O)C(=O)N[C@@H](CS)C(=O)N[C@@H](CCCNC=N)C(=O)N[C@@H](CO)C(=O)N[C@H](C(=O)N[C@@H](CCC(=O)O)C(=O)NCC(=O)N[C@@H](CO)C(=O)N[C@@H](CS)C(=O)NCC(=O)N[C@@H](Cc1ccccc1)C(=O)N[C@@H](Cc1ccc(O)cc1)C(=O)O)C(C)C)C(C)C. The van der Waals surface area contributed by atoms with Gasteiger partial charge in [-0.2, -0.15) is 25.3 Å². The number of aliphatic carboxylic acids is 2. The van der Waals surface area contributed by atoms with Crippen molar-refractivity contribution in [3.05, 3.63) is 65.7 Å². The molecule has 30 N–H and O–H groups in total. The third-order valence-corrected chi connectivity index (χ3v) is 19.9. The molecule has 0 aliphatic carbocycles. The second-order valence-electron chi connectivity index (χ2n) is 30.5. The van der Waals surface area contributed by atoms with Crippen LogP contribution < -0.4 is 108 Å². The summed E-state index contributed by atoms with van der Waals surface area (Å²) < 4.78 is 0. The van der Waals surface area contributed by atoms with Crippen molar-refractivity contribution in [2.75, 3.05) is 50.9 Å². The number of carbonyl (C=O) groups excluding carboxylic acids is 16. The number of benzene rings is 2. The number of phenolic OH excluding ortho intramolecular Hbond substituents is 1. The molecule has 0 heterocycles. The Labute approximate surface area is 734 Å². The lowest BCUT2D eigenvalue weighted by Crippen LogP contribution is -2.62. The van der Waals surface area contributed by atoms with Gasteiger partial charge in [0.25, 0.3) is 0 Å². The van der Waals surface area contributed by atoms with E-state index in [1.807, 2.05) is 13.8 Å². The molecular weight excluding hydrogens is 1680 g/mol. The molecule has 2 rings (SSSR count). The molecule has 0 radical (unpaired) electrons. The van der Waals surface area contributed by atoms with Crippen LogP contribution in [0.2, 0.25) is 0 Å². The maximum atomic E-state index is 14.3. The summed E-state index contributed by atoms with van der Waals surface area (Å²) in [6.07, 6.45) is -1.22. The molecule has 15 atom stereocenters. The number of hydrogen-bond donors (Lipinski definition) is 29. The molecule has 125 heavy (non-hydrogen) atoms. The van der Waals surface area contributed by atoms with Crippen molar-refractivity contribution in [1.29, 1.82) is 10.8 Å². The summed E-state index contributed by atoms with van der Waals surface area (Å²) in [7, 11) is 0. The van der Waals surface area contributed by atoms with Gasteiger partial charge in [0.2, 0.25) is 94.5 Å². The third-order valence-electron chi connectivity index (χ3n) is 19.2. The van der Waals surface area contributed by atoms with Crippen LogP contribution in [0.5, 0.6) is 5.75 Å². The highest BCUT2D eigenvalue weighted by Gasteiger charge is 2.39. The molecule has 0 aromatic heterocycles. The normalized spacial score (nSPS) is 14.7. The number of amides is 16. The van der Waals surface area contributed by atoms with Gasteiger partial charge >= 0.3 is 11.9 Å². The number of aliphatic hydroxyl groups excluding tert-OH is 2. The van der Waals surface area contributed by atoms with E-state index < -0.39 is 272 Å². The van der Waals surface area contributed by atoms with Gasteiger partial charge in [-0.3, -0.25) is 92.3 Å². The van der Waals surface area contributed by atoms with Crippen molar-refractivity contribution in [2.45, 2.75) is 217 Å². The molecule has 0 aliphatic rings. The molecule has 2 aromatic carbocycles. The van der Waals surface area contributed by atoms with Crippen LogP contribution in [0.4, 0.5) is 0 Å². The van der Waals surface area contributed by atoms with E-state index in [1.165, 1.54) is 38.1 Å². The molecular formula is C78H124N22O23S2. The Hall–Kier alpha value is -12.0. The topological polar surface area (TPSA) is 739 Å². The van der Waals surface area contributed by atoms with Crippen LogP contribution in [0.1, 0.15) is 131 Å². The molecule has 47 heteroatoms. The van der Waals surface area contributed by atoms with Gasteiger partial charge in [0.15, 0.2) is 5.96 Å². The van der Waals surface area contributed by atoms with E-state index in [4.69, 9.17) is 28.0 Å². The second kappa shape index (κ2) is 57.5. The van der Waals surface area contributed by atoms with Gasteiger partial charge in [-0.15, -0.1) is 0 Å². The highest BCUT2D eigenvalue weighted by molar-refractivity contribution is 7.80. The lowest BCUT2D eigenvalue weighted by Gasteiger charge is -2.30. The standard InChI is InChI=1S/C78H124N22O23S2/c1-9-42(8)63(100-69(114)48(18-14-28-85-78(82)83)90-64(109)46(80)29-39(2)3)76(121)99-62(41(6)7)75(120)93-50(23-25-57(81)104)68(113)97-56(37-125)73(118)91-47(17-13-27-84-38-79)67(112)95-54(35-102)72(117)98-61(40(4)5)74(119)92-49(24-26-60(107)108)65(110)86-33-59(106)89-53(34-101)71(116)96-55(36-124)66(111)87-32-58(105)88-51(30-43-15-11-10-12-16-43)70(115)94-52(77(122)123)31-44-19-21-45(103)22-20-44/h10-12,15-16,19-22,38-42,46-56,61-63,101-103,124-125H,9,13-14,17-18,23-37,80H2,1-8H3,(H2,79,84)(H2,81,104)(H,86,110)(H,87,111)(H,88,105)(H,89,106)(H,90,109)(H,91,118)(H,92,119)(H,93,120)(H,94,115)(H,95,112)(H,96,116)(H,97,113)(H,98,117)(H,99,121)(H,100,114)(H,107,108)(H,122,123)(H4,82,83,85)/t42-,46-,47-,48-,49-,50-,51-,52-,53-,54-,55-,56-,61-,62-,63-/m0/s1. The number of aliphatic hydroxyl groups is 2. The van der Waals surface area contributed by atoms with Gasteiger partial charge in [0.1, 0.15) is 84.3 Å². The lowest BCUT2D eigenvalue weighted by atomic mass is 9.95. The minimum absolute atomic E-state index is 0.0206. The first kappa shape index (κ1) is 109. The van der Waals surface area contributed by atoms with E-state index in [0.717, 1.165) is 6.34 Å². The lowest BCUT2D eigenvalue weighted by molar-refractivity contribution is -0.142. The van der Waals surface area contributed by atoms with Crippen LogP contribution in [-0.4, -0.2) is 280 Å². The molecule has 2 aromatic rings. The van der Waals surface area contributed by atoms with Gasteiger partial charge in [-0.1, -0.05) is 104 Å². The zero-order valence-electron chi connectivity index (χ0n) is 71.0. The molecule has 0 spiro atoms. The van der Waals surface area contributed by atoms with Gasteiger partial charge in [0, 0.05) is 50.3 Å². The minimum Gasteiger partial charge on any atom is -0.508 e. The predicted octanol–water partition coefficient (Wildman–Crippen LogP) is -7.26. The van der Waals surface area contributed by atoms with Crippen molar-refractivity contribution < 1.29 is 112 Å². The number of nitrogens with one attached hydrogen (secondary N) is 19. The van der Waals surface area contributed by atoms with Crippen molar-refractivity contribution in [3.8, 4) is 5.75 Å². The highest BCUT2D eigenvalue weighted by atomic mass is 32.1. The van der Waals surface area contributed by atoms with Crippen molar-refractivity contribution >= 4 is 144 Å². The number of thiol groups is 2. The minimum atomic E-state index is -1.91. The zero-order valence-corrected chi connectivity index (χ0v) is 72.8. The monoisotopic (exact) mass is 1800 g/mol. The molecule has 696 valence electrons. The summed E-state index contributed by atoms with van der Waals surface area (Å²) >= 11 is 8.34. The summed E-state index contributed by atoms with van der Waals surface area (Å²) in [6, 6.07) is -7.57. The summed E-state index contributed by atoms with van der Waals surface area (Å²) in [5, 5.41) is 106. The average molecular weight is 1800 g/mol. The number of carbonyl (C=O) groups is 18. The van der Waals surface area contributed by atoms with E-state index in [0.29, 0.717) is 24.0 Å². The van der Waals surface area contributed by atoms with Crippen LogP contribution in [-0.2, 0) is 99.1 Å². The molecule has 45 nitrogen and oxygen atoms in total. The number of carboxylic acid groups (broad SMARTS) is 2. The maximum Gasteiger partial charge on any atom is 0.326 e. The fourth-order valence-corrected chi connectivity index (χ4v) is 12.4. The van der Waals surface area contributed by atoms with Gasteiger partial charge in [0.05, 0.1) is 38.7 Å². The number of guanidine groups is 1. The maximum absolute atomic E-state index is 14.3. The zero-order chi connectivity index (χ0) is 94.3. The number of hydrogen-bond acceptors (Lipinski definition) is 26. The number of rotatable bonds is 60. The predicted molar refractivity (Wildman–Crippen MR) is 460 cm³/mol. The summed E-state index contributed by atoms with van der Waals surface area (Å²) in [4.78, 5) is 243. The third kappa shape index (κ3) is 41.4. The molecule has 0 fully saturated rings. The Morgan fingerprint density at radius 3 is 1.29 bits per heavy atom. The number of primary amides is 1. The fraction of sp³-hybridized carbons (Fsp3) is 0.590. The number of carboxylic acids is 2. The van der Waals surface area contributed by atoms with Crippen molar-refractivity contribution in [3.63, 3.8) is 0 Å². The molecule has 0 unspecified atom stereocenters. The largest absolute Gasteiger partial charge is 0.508 e. The fourth-order valence-electron chi connectivity index (χ4n) is 11.9. The highest BCUT2D eigenvalue weighted by Crippen LogP contribution is 2.17. The molecule has 0 aliphatic heterocycles. The first-order chi connectivity index (χ1) is 58.9. The van der Waals surface area contributed by atoms with Crippen LogP contribution >= 0.6 is 25.3 Å². The van der Waals surface area contributed by atoms with Crippen LogP contribution in [0.25, 0.3) is 0 Å². The summed E-state index contributed by atoms with van der Waals surface area (Å²) in [5.74, 6) is -22.5. The van der Waals surface area contributed by atoms with E-state index >= 15 is 0 Å². The Bertz CT molecular complexity index is 3990. The Morgan fingerprint density at radius 2 is 0.808 bits per heavy atom. The number of aromatic hydroxyl groups is 1. The number of phenols is 1. The smallest absolute Gasteiger partial charge is 0.326 e. The molecule has 0 saturated heterocycles. The van der Waals surface area contributed by atoms with Crippen LogP contribution in [0, 0.1) is 34.5 Å². The Morgan fingerprint density at radius 1 is 0.432 bits per heavy atom. The van der Waals surface area contributed by atoms with E-state index in [1.54, 1.807) is 58.0 Å². The van der Waals surface area contributed by atoms with Crippen molar-refractivity contribution in [1.82, 2.24) is 90.4 Å². The first-order valence-corrected chi connectivity index (χ1v) is 41.7. The van der Waals surface area contributed by atoms with E-state index in [-0.39, 0.29) is 69.2 Å². The second-order valence-corrected chi connectivity index (χ2v) is 31.3. The summed E-state index contributed by atoms with van der Waals surface area (Å²) in [5.41, 5.74) is 18.0. The summed E-state index contributed by atoms with van der Waals surface area (Å²) in [6.45, 7) is 9.20. The molecule has 16 amide bonds. The van der Waals surface area contributed by atoms with Gasteiger partial charge in [-0.25, -0.2) is 4.79 Å². The van der Waals surface area contributed by atoms with Crippen LogP contribution in [0.15, 0.2) is 54.6 Å². The quantitative estimate of drug-likeness (QED) is 0.0127. The van der Waals surface area contributed by atoms with E-state index in [2.05, 4.69) is 116 Å². The first-order valence-electron chi connectivity index (χ1n) is 40.5. The van der Waals surface area contributed by atoms with Crippen LogP contribution in [0.3, 0.4) is 0 Å². The number of nitrogens with two attached hydrogens (primary N) is 3. The molecule has 0 saturated carbocycles. The van der Waals surface area contributed by atoms with Crippen molar-refractivity contribution in [2.24, 2.45) is 40.9 Å². The van der Waals surface area contributed by atoms with E-state index in [9.17, 15) is 112 Å². The Kier molecular flexibility index (Phi) is 50.1.